The first-order valence-corrected chi connectivity index (χ1v) is 8.29. The van der Waals surface area contributed by atoms with Crippen LogP contribution in [0.4, 0.5) is 0 Å². The number of rotatable bonds is 12. The van der Waals surface area contributed by atoms with Crippen molar-refractivity contribution in [2.45, 2.75) is 38.8 Å². The summed E-state index contributed by atoms with van der Waals surface area (Å²) in [7, 11) is 1.57. The number of aliphatic hydroxyl groups excluding tert-OH is 1. The number of benzene rings is 1. The number of aryl methyl sites for hydroxylation is 1. The minimum Gasteiger partial charge on any atom is -0.491 e. The van der Waals surface area contributed by atoms with Gasteiger partial charge in [0.25, 0.3) is 0 Å². The average molecular weight is 339 g/mol. The van der Waals surface area contributed by atoms with Gasteiger partial charge in [-0.2, -0.15) is 0 Å². The molecule has 6 heteroatoms. The Morgan fingerprint density at radius 3 is 2.54 bits per heavy atom. The van der Waals surface area contributed by atoms with Gasteiger partial charge in [-0.05, 0) is 24.1 Å². The number of ether oxygens (including phenoxy) is 3. The first kappa shape index (κ1) is 20.4. The minimum atomic E-state index is -0.547. The maximum atomic E-state index is 11.5. The molecular weight excluding hydrogens is 310 g/mol. The molecule has 0 heterocycles. The summed E-state index contributed by atoms with van der Waals surface area (Å²) in [6, 6.07) is 7.84. The van der Waals surface area contributed by atoms with Crippen LogP contribution in [0, 0.1) is 0 Å². The van der Waals surface area contributed by atoms with Crippen molar-refractivity contribution < 1.29 is 24.1 Å². The van der Waals surface area contributed by atoms with E-state index in [9.17, 15) is 9.90 Å². The summed E-state index contributed by atoms with van der Waals surface area (Å²) in [6.45, 7) is 5.50. The molecule has 0 aliphatic carbocycles. The lowest BCUT2D eigenvalue weighted by Crippen LogP contribution is -2.35. The predicted octanol–water partition coefficient (Wildman–Crippen LogP) is 1.55. The number of hydrogen-bond donors (Lipinski definition) is 2. The zero-order chi connectivity index (χ0) is 17.8. The Hall–Kier alpha value is -1.63. The molecule has 0 aliphatic rings. The van der Waals surface area contributed by atoms with Crippen LogP contribution in [0.25, 0.3) is 0 Å². The molecule has 0 spiro atoms. The van der Waals surface area contributed by atoms with E-state index in [1.54, 1.807) is 7.11 Å². The standard InChI is InChI=1S/C18H29NO5/c1-14(2)19-12-16(20)13-24-17-7-4-15(5-8-17)6-9-18(21)23-11-10-22-3/h4-5,7-8,14,16,19-20H,6,9-13H2,1-3H3. The summed E-state index contributed by atoms with van der Waals surface area (Å²) >= 11 is 0. The lowest BCUT2D eigenvalue weighted by Gasteiger charge is -2.15. The zero-order valence-electron chi connectivity index (χ0n) is 14.8. The van der Waals surface area contributed by atoms with Gasteiger partial charge in [0, 0.05) is 26.1 Å². The molecule has 0 amide bonds. The number of carbonyl (C=O) groups is 1. The molecule has 0 saturated carbocycles. The molecule has 1 rings (SSSR count). The molecule has 0 radical (unpaired) electrons. The largest absolute Gasteiger partial charge is 0.491 e. The van der Waals surface area contributed by atoms with E-state index in [0.717, 1.165) is 5.56 Å². The molecule has 0 aromatic heterocycles. The second-order valence-corrected chi connectivity index (χ2v) is 5.88. The van der Waals surface area contributed by atoms with Crippen molar-refractivity contribution in [3.05, 3.63) is 29.8 Å². The summed E-state index contributed by atoms with van der Waals surface area (Å²) in [5.41, 5.74) is 1.04. The summed E-state index contributed by atoms with van der Waals surface area (Å²) in [6.07, 6.45) is 0.408. The Morgan fingerprint density at radius 1 is 1.21 bits per heavy atom. The van der Waals surface area contributed by atoms with Crippen molar-refractivity contribution in [3.8, 4) is 5.75 Å². The normalized spacial score (nSPS) is 12.2. The van der Waals surface area contributed by atoms with Gasteiger partial charge in [-0.25, -0.2) is 0 Å². The molecule has 0 bridgehead atoms. The SMILES string of the molecule is COCCOC(=O)CCc1ccc(OCC(O)CNC(C)C)cc1. The van der Waals surface area contributed by atoms with Gasteiger partial charge in [-0.1, -0.05) is 26.0 Å². The van der Waals surface area contributed by atoms with Crippen molar-refractivity contribution in [3.63, 3.8) is 0 Å². The van der Waals surface area contributed by atoms with E-state index in [2.05, 4.69) is 5.32 Å². The summed E-state index contributed by atoms with van der Waals surface area (Å²) in [5.74, 6) is 0.471. The van der Waals surface area contributed by atoms with Gasteiger partial charge < -0.3 is 24.6 Å². The fourth-order valence-electron chi connectivity index (χ4n) is 1.93. The van der Waals surface area contributed by atoms with Crippen molar-refractivity contribution in [2.75, 3.05) is 33.5 Å². The monoisotopic (exact) mass is 339 g/mol. The van der Waals surface area contributed by atoms with Crippen molar-refractivity contribution in [1.29, 1.82) is 0 Å². The molecule has 0 saturated heterocycles. The fourth-order valence-corrected chi connectivity index (χ4v) is 1.93. The Balaban J connectivity index is 2.26. The highest BCUT2D eigenvalue weighted by Gasteiger charge is 2.07. The van der Waals surface area contributed by atoms with E-state index in [1.165, 1.54) is 0 Å². The van der Waals surface area contributed by atoms with Crippen molar-refractivity contribution in [2.24, 2.45) is 0 Å². The quantitative estimate of drug-likeness (QED) is 0.444. The number of hydrogen-bond acceptors (Lipinski definition) is 6. The number of esters is 1. The van der Waals surface area contributed by atoms with E-state index in [0.29, 0.717) is 37.8 Å². The highest BCUT2D eigenvalue weighted by molar-refractivity contribution is 5.69. The van der Waals surface area contributed by atoms with Crippen LogP contribution in [0.2, 0.25) is 0 Å². The van der Waals surface area contributed by atoms with E-state index < -0.39 is 6.10 Å². The molecule has 136 valence electrons. The smallest absolute Gasteiger partial charge is 0.306 e. The van der Waals surface area contributed by atoms with Gasteiger partial charge in [-0.15, -0.1) is 0 Å². The predicted molar refractivity (Wildman–Crippen MR) is 92.2 cm³/mol. The van der Waals surface area contributed by atoms with Crippen LogP contribution < -0.4 is 10.1 Å². The van der Waals surface area contributed by atoms with Crippen LogP contribution >= 0.6 is 0 Å². The van der Waals surface area contributed by atoms with Crippen molar-refractivity contribution in [1.82, 2.24) is 5.32 Å². The second kappa shape index (κ2) is 11.8. The topological polar surface area (TPSA) is 77.0 Å². The Kier molecular flexibility index (Phi) is 10.1. The van der Waals surface area contributed by atoms with Gasteiger partial charge in [0.1, 0.15) is 25.1 Å². The second-order valence-electron chi connectivity index (χ2n) is 5.88. The Bertz CT molecular complexity index is 461. The van der Waals surface area contributed by atoms with Gasteiger partial charge in [0.2, 0.25) is 0 Å². The number of nitrogens with one attached hydrogen (secondary N) is 1. The van der Waals surface area contributed by atoms with Crippen LogP contribution in [0.1, 0.15) is 25.8 Å². The van der Waals surface area contributed by atoms with Gasteiger partial charge in [-0.3, -0.25) is 4.79 Å². The Morgan fingerprint density at radius 2 is 1.92 bits per heavy atom. The van der Waals surface area contributed by atoms with Crippen LogP contribution in [0.15, 0.2) is 24.3 Å². The molecule has 1 unspecified atom stereocenters. The maximum absolute atomic E-state index is 11.5. The zero-order valence-corrected chi connectivity index (χ0v) is 14.8. The lowest BCUT2D eigenvalue weighted by molar-refractivity contribution is -0.144. The van der Waals surface area contributed by atoms with Crippen LogP contribution in [0.5, 0.6) is 5.75 Å². The number of carbonyl (C=O) groups excluding carboxylic acids is 1. The van der Waals surface area contributed by atoms with Gasteiger partial charge >= 0.3 is 5.97 Å². The van der Waals surface area contributed by atoms with E-state index in [1.807, 2.05) is 38.1 Å². The molecule has 1 atom stereocenters. The minimum absolute atomic E-state index is 0.229. The molecule has 1 aromatic rings. The summed E-state index contributed by atoms with van der Waals surface area (Å²) < 4.78 is 15.4. The van der Waals surface area contributed by atoms with E-state index in [4.69, 9.17) is 14.2 Å². The van der Waals surface area contributed by atoms with E-state index >= 15 is 0 Å². The highest BCUT2D eigenvalue weighted by Crippen LogP contribution is 2.14. The maximum Gasteiger partial charge on any atom is 0.306 e. The highest BCUT2D eigenvalue weighted by atomic mass is 16.6. The van der Waals surface area contributed by atoms with E-state index in [-0.39, 0.29) is 19.2 Å². The molecule has 24 heavy (non-hydrogen) atoms. The first-order chi connectivity index (χ1) is 11.5. The summed E-state index contributed by atoms with van der Waals surface area (Å²) in [4.78, 5) is 11.5. The Labute approximate surface area is 144 Å². The lowest BCUT2D eigenvalue weighted by atomic mass is 10.1. The first-order valence-electron chi connectivity index (χ1n) is 8.29. The van der Waals surface area contributed by atoms with Gasteiger partial charge in [0.05, 0.1) is 6.61 Å². The third kappa shape index (κ3) is 9.50. The molecule has 2 N–H and O–H groups in total. The molecular formula is C18H29NO5. The third-order valence-corrected chi connectivity index (χ3v) is 3.30. The fraction of sp³-hybridized carbons (Fsp3) is 0.611. The van der Waals surface area contributed by atoms with Gasteiger partial charge in [0.15, 0.2) is 0 Å². The van der Waals surface area contributed by atoms with Crippen LogP contribution in [-0.4, -0.2) is 56.7 Å². The van der Waals surface area contributed by atoms with Crippen LogP contribution in [0.3, 0.4) is 0 Å². The third-order valence-electron chi connectivity index (χ3n) is 3.30. The average Bonchev–Trinajstić information content (AvgIpc) is 2.57. The number of aliphatic hydroxyl groups is 1. The molecule has 0 fully saturated rings. The molecule has 6 nitrogen and oxygen atoms in total. The molecule has 1 aromatic carbocycles. The summed E-state index contributed by atoms with van der Waals surface area (Å²) in [5, 5.41) is 13.0. The number of methoxy groups -OCH3 is 1. The van der Waals surface area contributed by atoms with Crippen LogP contribution in [-0.2, 0) is 20.7 Å². The van der Waals surface area contributed by atoms with Crippen molar-refractivity contribution >= 4 is 5.97 Å². The molecule has 0 aliphatic heterocycles.